The van der Waals surface area contributed by atoms with Crippen LogP contribution in [0.3, 0.4) is 0 Å². The summed E-state index contributed by atoms with van der Waals surface area (Å²) in [6, 6.07) is 60.8. The van der Waals surface area contributed by atoms with Crippen molar-refractivity contribution in [2.75, 3.05) is 0 Å². The standard InChI is InChI=1S/C41H28O/c1-3-16-31(17-4-1)41(32-18-5-2-6-19-32)37-24-11-12-25-39(37)42-40-28-30(26-27-38(40)41)34-21-9-10-22-35(34)36-23-13-15-29-14-7-8-20-33(29)36/h1-28H. The van der Waals surface area contributed by atoms with E-state index >= 15 is 0 Å². The van der Waals surface area contributed by atoms with Gasteiger partial charge in [0.25, 0.3) is 0 Å². The van der Waals surface area contributed by atoms with Gasteiger partial charge >= 0.3 is 0 Å². The van der Waals surface area contributed by atoms with Gasteiger partial charge in [-0.05, 0) is 56.3 Å². The van der Waals surface area contributed by atoms with Crippen molar-refractivity contribution in [2.24, 2.45) is 0 Å². The Hall–Kier alpha value is -5.40. The fraction of sp³-hybridized carbons (Fsp3) is 0.0244. The molecule has 0 radical (unpaired) electrons. The van der Waals surface area contributed by atoms with E-state index in [1.807, 2.05) is 0 Å². The van der Waals surface area contributed by atoms with Crippen LogP contribution in [0.2, 0.25) is 0 Å². The van der Waals surface area contributed by atoms with Crippen LogP contribution >= 0.6 is 0 Å². The summed E-state index contributed by atoms with van der Waals surface area (Å²) in [5.74, 6) is 1.77. The molecule has 0 aliphatic carbocycles. The molecule has 0 unspecified atom stereocenters. The summed E-state index contributed by atoms with van der Waals surface area (Å²) in [5.41, 5.74) is 8.98. The third-order valence-corrected chi connectivity index (χ3v) is 8.63. The Morgan fingerprint density at radius 2 is 0.952 bits per heavy atom. The van der Waals surface area contributed by atoms with Gasteiger partial charge in [0.05, 0.1) is 5.41 Å². The van der Waals surface area contributed by atoms with Gasteiger partial charge < -0.3 is 4.74 Å². The quantitative estimate of drug-likeness (QED) is 0.217. The van der Waals surface area contributed by atoms with Crippen molar-refractivity contribution in [2.45, 2.75) is 5.41 Å². The molecule has 0 N–H and O–H groups in total. The maximum atomic E-state index is 6.75. The van der Waals surface area contributed by atoms with Crippen LogP contribution in [0.15, 0.2) is 170 Å². The van der Waals surface area contributed by atoms with E-state index in [1.54, 1.807) is 0 Å². The van der Waals surface area contributed by atoms with E-state index in [0.717, 1.165) is 28.2 Å². The lowest BCUT2D eigenvalue weighted by Crippen LogP contribution is -2.34. The Morgan fingerprint density at radius 3 is 1.74 bits per heavy atom. The molecule has 0 aromatic heterocycles. The molecule has 0 fully saturated rings. The Balaban J connectivity index is 1.38. The second-order valence-electron chi connectivity index (χ2n) is 10.9. The van der Waals surface area contributed by atoms with Crippen LogP contribution in [0.25, 0.3) is 33.0 Å². The highest BCUT2D eigenvalue weighted by Crippen LogP contribution is 2.56. The molecule has 198 valence electrons. The molecule has 7 aromatic carbocycles. The van der Waals surface area contributed by atoms with Crippen molar-refractivity contribution in [1.29, 1.82) is 0 Å². The lowest BCUT2D eigenvalue weighted by Gasteiger charge is -2.41. The molecule has 1 heteroatoms. The highest BCUT2D eigenvalue weighted by atomic mass is 16.5. The van der Waals surface area contributed by atoms with Crippen molar-refractivity contribution in [3.8, 4) is 33.8 Å². The van der Waals surface area contributed by atoms with Crippen molar-refractivity contribution in [1.82, 2.24) is 0 Å². The second-order valence-corrected chi connectivity index (χ2v) is 10.9. The summed E-state index contributed by atoms with van der Waals surface area (Å²) in [7, 11) is 0. The summed E-state index contributed by atoms with van der Waals surface area (Å²) >= 11 is 0. The molecule has 8 rings (SSSR count). The molecule has 1 aliphatic rings. The maximum Gasteiger partial charge on any atom is 0.132 e. The topological polar surface area (TPSA) is 9.23 Å². The normalized spacial score (nSPS) is 13.1. The number of hydrogen-bond acceptors (Lipinski definition) is 1. The van der Waals surface area contributed by atoms with E-state index in [1.165, 1.54) is 38.6 Å². The lowest BCUT2D eigenvalue weighted by molar-refractivity contribution is 0.435. The van der Waals surface area contributed by atoms with Crippen LogP contribution in [0, 0.1) is 0 Å². The summed E-state index contributed by atoms with van der Waals surface area (Å²) in [5, 5.41) is 2.49. The molecule has 42 heavy (non-hydrogen) atoms. The third kappa shape index (κ3) is 3.71. The Bertz CT molecular complexity index is 2010. The van der Waals surface area contributed by atoms with Crippen LogP contribution < -0.4 is 4.74 Å². The van der Waals surface area contributed by atoms with Gasteiger partial charge in [0.2, 0.25) is 0 Å². The lowest BCUT2D eigenvalue weighted by atomic mass is 9.63. The van der Waals surface area contributed by atoms with E-state index in [0.29, 0.717) is 0 Å². The zero-order valence-electron chi connectivity index (χ0n) is 23.1. The van der Waals surface area contributed by atoms with Crippen LogP contribution in [0.4, 0.5) is 0 Å². The molecular formula is C41H28O. The van der Waals surface area contributed by atoms with Gasteiger partial charge in [0, 0.05) is 11.1 Å². The predicted octanol–water partition coefficient (Wildman–Crippen LogP) is 10.7. The van der Waals surface area contributed by atoms with E-state index in [2.05, 4.69) is 170 Å². The minimum Gasteiger partial charge on any atom is -0.457 e. The minimum atomic E-state index is -0.514. The average Bonchev–Trinajstić information content (AvgIpc) is 3.07. The smallest absolute Gasteiger partial charge is 0.132 e. The number of ether oxygens (including phenoxy) is 1. The minimum absolute atomic E-state index is 0.514. The van der Waals surface area contributed by atoms with Crippen LogP contribution in [0.5, 0.6) is 11.5 Å². The average molecular weight is 537 g/mol. The second kappa shape index (κ2) is 9.90. The van der Waals surface area contributed by atoms with Crippen LogP contribution in [-0.4, -0.2) is 0 Å². The highest BCUT2D eigenvalue weighted by molar-refractivity contribution is 6.00. The molecule has 0 atom stereocenters. The summed E-state index contributed by atoms with van der Waals surface area (Å²) in [4.78, 5) is 0. The summed E-state index contributed by atoms with van der Waals surface area (Å²) in [6.07, 6.45) is 0. The fourth-order valence-corrected chi connectivity index (χ4v) is 6.81. The highest BCUT2D eigenvalue weighted by Gasteiger charge is 2.45. The van der Waals surface area contributed by atoms with E-state index in [9.17, 15) is 0 Å². The zero-order chi connectivity index (χ0) is 27.9. The number of fused-ring (bicyclic) bond motifs is 3. The summed E-state index contributed by atoms with van der Waals surface area (Å²) in [6.45, 7) is 0. The monoisotopic (exact) mass is 536 g/mol. The van der Waals surface area contributed by atoms with E-state index in [4.69, 9.17) is 4.74 Å². The molecule has 1 aliphatic heterocycles. The number of rotatable bonds is 4. The Kier molecular flexibility index (Phi) is 5.75. The van der Waals surface area contributed by atoms with Gasteiger partial charge in [-0.15, -0.1) is 0 Å². The molecular weight excluding hydrogens is 508 g/mol. The van der Waals surface area contributed by atoms with Gasteiger partial charge in [-0.3, -0.25) is 0 Å². The number of hydrogen-bond donors (Lipinski definition) is 0. The van der Waals surface area contributed by atoms with Gasteiger partial charge in [0.1, 0.15) is 11.5 Å². The van der Waals surface area contributed by atoms with Gasteiger partial charge in [-0.2, -0.15) is 0 Å². The molecule has 0 amide bonds. The zero-order valence-corrected chi connectivity index (χ0v) is 23.1. The van der Waals surface area contributed by atoms with Crippen molar-refractivity contribution in [3.05, 3.63) is 192 Å². The molecule has 0 spiro atoms. The summed E-state index contributed by atoms with van der Waals surface area (Å²) < 4.78 is 6.75. The van der Waals surface area contributed by atoms with E-state index in [-0.39, 0.29) is 0 Å². The van der Waals surface area contributed by atoms with Crippen molar-refractivity contribution < 1.29 is 4.74 Å². The molecule has 1 heterocycles. The predicted molar refractivity (Wildman–Crippen MR) is 173 cm³/mol. The SMILES string of the molecule is c1ccc(C2(c3ccccc3)c3ccccc3Oc3cc(-c4ccccc4-c4cccc5ccccc45)ccc32)cc1. The molecule has 7 aromatic rings. The van der Waals surface area contributed by atoms with E-state index < -0.39 is 5.41 Å². The molecule has 1 nitrogen and oxygen atoms in total. The number of para-hydroxylation sites is 1. The first-order valence-electron chi connectivity index (χ1n) is 14.4. The molecule has 0 bridgehead atoms. The van der Waals surface area contributed by atoms with Crippen LogP contribution in [0.1, 0.15) is 22.3 Å². The van der Waals surface area contributed by atoms with Crippen LogP contribution in [-0.2, 0) is 5.41 Å². The largest absolute Gasteiger partial charge is 0.457 e. The Labute approximate surface area is 246 Å². The first-order chi connectivity index (χ1) is 20.8. The van der Waals surface area contributed by atoms with Gasteiger partial charge in [-0.1, -0.05) is 158 Å². The maximum absolute atomic E-state index is 6.75. The number of benzene rings is 7. The molecule has 0 saturated heterocycles. The fourth-order valence-electron chi connectivity index (χ4n) is 6.81. The van der Waals surface area contributed by atoms with Crippen molar-refractivity contribution in [3.63, 3.8) is 0 Å². The first kappa shape index (κ1) is 24.4. The van der Waals surface area contributed by atoms with Crippen molar-refractivity contribution >= 4 is 10.8 Å². The Morgan fingerprint density at radius 1 is 0.381 bits per heavy atom. The van der Waals surface area contributed by atoms with Gasteiger partial charge in [-0.25, -0.2) is 0 Å². The first-order valence-corrected chi connectivity index (χ1v) is 14.4. The molecule has 0 saturated carbocycles. The van der Waals surface area contributed by atoms with Gasteiger partial charge in [0.15, 0.2) is 0 Å². The third-order valence-electron chi connectivity index (χ3n) is 8.63.